The van der Waals surface area contributed by atoms with Gasteiger partial charge in [0.2, 0.25) is 0 Å². The number of aromatic nitrogens is 2. The second-order valence-corrected chi connectivity index (χ2v) is 7.77. The minimum Gasteiger partial charge on any atom is -0.357 e. The zero-order valence-corrected chi connectivity index (χ0v) is 18.0. The predicted molar refractivity (Wildman–Crippen MR) is 120 cm³/mol. The van der Waals surface area contributed by atoms with E-state index in [2.05, 4.69) is 63.2 Å². The fraction of sp³-hybridized carbons (Fsp3) is 0.565. The first-order valence-electron chi connectivity index (χ1n) is 11.1. The van der Waals surface area contributed by atoms with E-state index >= 15 is 0 Å². The lowest BCUT2D eigenvalue weighted by molar-refractivity contribution is 0.147. The average Bonchev–Trinajstić information content (AvgIpc) is 3.26. The number of nitrogens with one attached hydrogen (secondary N) is 2. The van der Waals surface area contributed by atoms with Crippen LogP contribution >= 0.6 is 0 Å². The van der Waals surface area contributed by atoms with Gasteiger partial charge in [0.25, 0.3) is 0 Å². The molecule has 1 atom stereocenters. The smallest absolute Gasteiger partial charge is 0.191 e. The molecule has 1 aliphatic rings. The minimum absolute atomic E-state index is 0.683. The normalized spacial score (nSPS) is 18.0. The fourth-order valence-corrected chi connectivity index (χ4v) is 3.99. The van der Waals surface area contributed by atoms with Crippen molar-refractivity contribution in [3.05, 3.63) is 54.1 Å². The van der Waals surface area contributed by atoms with Crippen LogP contribution < -0.4 is 10.6 Å². The first-order chi connectivity index (χ1) is 14.3. The fourth-order valence-electron chi connectivity index (χ4n) is 3.99. The van der Waals surface area contributed by atoms with Gasteiger partial charge in [-0.1, -0.05) is 37.6 Å². The van der Waals surface area contributed by atoms with E-state index < -0.39 is 0 Å². The van der Waals surface area contributed by atoms with Crippen molar-refractivity contribution in [1.82, 2.24) is 25.1 Å². The molecule has 158 valence electrons. The van der Waals surface area contributed by atoms with Crippen molar-refractivity contribution in [2.75, 3.05) is 26.2 Å². The summed E-state index contributed by atoms with van der Waals surface area (Å²) in [6.07, 6.45) is 11.0. The van der Waals surface area contributed by atoms with Gasteiger partial charge in [-0.25, -0.2) is 9.98 Å². The first-order valence-corrected chi connectivity index (χ1v) is 11.1. The van der Waals surface area contributed by atoms with E-state index in [0.29, 0.717) is 6.54 Å². The van der Waals surface area contributed by atoms with Gasteiger partial charge < -0.3 is 15.2 Å². The van der Waals surface area contributed by atoms with E-state index in [9.17, 15) is 0 Å². The first kappa shape index (κ1) is 21.4. The summed E-state index contributed by atoms with van der Waals surface area (Å²) < 4.78 is 2.08. The van der Waals surface area contributed by atoms with E-state index in [1.807, 2.05) is 18.7 Å². The molecule has 0 bridgehead atoms. The van der Waals surface area contributed by atoms with Crippen molar-refractivity contribution in [3.8, 4) is 0 Å². The molecule has 29 heavy (non-hydrogen) atoms. The quantitative estimate of drug-likeness (QED) is 0.505. The Morgan fingerprint density at radius 3 is 2.69 bits per heavy atom. The Bertz CT molecular complexity index is 722. The highest BCUT2D eigenvalue weighted by Gasteiger charge is 2.19. The van der Waals surface area contributed by atoms with Crippen LogP contribution in [0.1, 0.15) is 50.7 Å². The monoisotopic (exact) mass is 396 g/mol. The number of rotatable bonds is 9. The van der Waals surface area contributed by atoms with Crippen molar-refractivity contribution < 1.29 is 0 Å². The molecule has 1 aliphatic heterocycles. The molecule has 3 rings (SSSR count). The van der Waals surface area contributed by atoms with E-state index in [1.54, 1.807) is 0 Å². The highest BCUT2D eigenvalue weighted by Crippen LogP contribution is 2.18. The summed E-state index contributed by atoms with van der Waals surface area (Å²) in [5.41, 5.74) is 2.49. The lowest BCUT2D eigenvalue weighted by Gasteiger charge is -2.35. The molecule has 2 heterocycles. The highest BCUT2D eigenvalue weighted by atomic mass is 15.2. The maximum Gasteiger partial charge on any atom is 0.191 e. The Morgan fingerprint density at radius 1 is 1.14 bits per heavy atom. The lowest BCUT2D eigenvalue weighted by Crippen LogP contribution is -2.45. The molecule has 6 nitrogen and oxygen atoms in total. The summed E-state index contributed by atoms with van der Waals surface area (Å²) >= 11 is 0. The van der Waals surface area contributed by atoms with Gasteiger partial charge in [-0.2, -0.15) is 0 Å². The Labute approximate surface area is 175 Å². The van der Waals surface area contributed by atoms with Gasteiger partial charge >= 0.3 is 0 Å². The second kappa shape index (κ2) is 11.6. The van der Waals surface area contributed by atoms with Gasteiger partial charge in [-0.05, 0) is 43.9 Å². The Kier molecular flexibility index (Phi) is 8.56. The largest absolute Gasteiger partial charge is 0.357 e. The minimum atomic E-state index is 0.683. The van der Waals surface area contributed by atoms with E-state index in [0.717, 1.165) is 38.2 Å². The molecule has 1 fully saturated rings. The standard InChI is InChI=1S/C23H36N6/c1-3-22-7-5-6-14-29(22)16-13-26-23(25-4-2)27-17-20-8-10-21(11-9-20)18-28-15-12-24-19-28/h8-12,15,19,22H,3-7,13-14,16-18H2,1-2H3,(H2,25,26,27). The van der Waals surface area contributed by atoms with Crippen LogP contribution in [-0.2, 0) is 13.1 Å². The summed E-state index contributed by atoms with van der Waals surface area (Å²) in [5.74, 6) is 0.903. The number of hydrogen-bond acceptors (Lipinski definition) is 3. The van der Waals surface area contributed by atoms with Crippen molar-refractivity contribution in [1.29, 1.82) is 0 Å². The number of aliphatic imine (C=N–C) groups is 1. The third kappa shape index (κ3) is 6.89. The third-order valence-electron chi connectivity index (χ3n) is 5.62. The number of piperidine rings is 1. The zero-order chi connectivity index (χ0) is 20.3. The molecule has 0 radical (unpaired) electrons. The molecule has 1 aromatic heterocycles. The Balaban J connectivity index is 1.48. The van der Waals surface area contributed by atoms with Crippen LogP contribution in [0.2, 0.25) is 0 Å². The number of likely N-dealkylation sites (tertiary alicyclic amines) is 1. The van der Waals surface area contributed by atoms with Crippen molar-refractivity contribution in [3.63, 3.8) is 0 Å². The van der Waals surface area contributed by atoms with Crippen molar-refractivity contribution in [2.24, 2.45) is 4.99 Å². The molecule has 2 aromatic rings. The average molecular weight is 397 g/mol. The van der Waals surface area contributed by atoms with Gasteiger partial charge in [-0.15, -0.1) is 0 Å². The molecule has 1 saturated heterocycles. The third-order valence-corrected chi connectivity index (χ3v) is 5.62. The molecule has 0 amide bonds. The summed E-state index contributed by atoms with van der Waals surface area (Å²) in [6, 6.07) is 9.43. The molecule has 6 heteroatoms. The molecule has 2 N–H and O–H groups in total. The number of nitrogens with zero attached hydrogens (tertiary/aromatic N) is 4. The van der Waals surface area contributed by atoms with Gasteiger partial charge in [0.15, 0.2) is 5.96 Å². The molecule has 1 aromatic carbocycles. The number of guanidine groups is 1. The van der Waals surface area contributed by atoms with E-state index in [1.165, 1.54) is 43.4 Å². The van der Waals surface area contributed by atoms with Gasteiger partial charge in [0.1, 0.15) is 0 Å². The van der Waals surface area contributed by atoms with Gasteiger partial charge in [0.05, 0.1) is 12.9 Å². The van der Waals surface area contributed by atoms with Gasteiger partial charge in [0, 0.05) is 44.6 Å². The van der Waals surface area contributed by atoms with Crippen LogP contribution in [0, 0.1) is 0 Å². The summed E-state index contributed by atoms with van der Waals surface area (Å²) in [5, 5.41) is 6.88. The SMILES string of the molecule is CCNC(=NCc1ccc(Cn2ccnc2)cc1)NCCN1CCCCC1CC. The van der Waals surface area contributed by atoms with Crippen LogP contribution in [-0.4, -0.2) is 52.6 Å². The maximum atomic E-state index is 4.77. The summed E-state index contributed by atoms with van der Waals surface area (Å²) in [4.78, 5) is 11.5. The van der Waals surface area contributed by atoms with E-state index in [-0.39, 0.29) is 0 Å². The van der Waals surface area contributed by atoms with Crippen LogP contribution in [0.25, 0.3) is 0 Å². The van der Waals surface area contributed by atoms with Crippen molar-refractivity contribution >= 4 is 5.96 Å². The predicted octanol–water partition coefficient (Wildman–Crippen LogP) is 3.25. The van der Waals surface area contributed by atoms with Crippen LogP contribution in [0.4, 0.5) is 0 Å². The Hall–Kier alpha value is -2.34. The topological polar surface area (TPSA) is 57.5 Å². The summed E-state index contributed by atoms with van der Waals surface area (Å²) in [7, 11) is 0. The maximum absolute atomic E-state index is 4.77. The van der Waals surface area contributed by atoms with Crippen LogP contribution in [0.15, 0.2) is 48.0 Å². The molecular weight excluding hydrogens is 360 g/mol. The molecular formula is C23H36N6. The van der Waals surface area contributed by atoms with Crippen LogP contribution in [0.3, 0.4) is 0 Å². The van der Waals surface area contributed by atoms with Crippen molar-refractivity contribution in [2.45, 2.75) is 58.7 Å². The lowest BCUT2D eigenvalue weighted by atomic mass is 10.0. The van der Waals surface area contributed by atoms with Gasteiger partial charge in [-0.3, -0.25) is 4.90 Å². The molecule has 0 saturated carbocycles. The molecule has 0 aliphatic carbocycles. The number of imidazole rings is 1. The van der Waals surface area contributed by atoms with Crippen LogP contribution in [0.5, 0.6) is 0 Å². The highest BCUT2D eigenvalue weighted by molar-refractivity contribution is 5.79. The zero-order valence-electron chi connectivity index (χ0n) is 18.0. The van der Waals surface area contributed by atoms with E-state index in [4.69, 9.17) is 4.99 Å². The summed E-state index contributed by atoms with van der Waals surface area (Å²) in [6.45, 7) is 10.1. The Morgan fingerprint density at radius 2 is 1.97 bits per heavy atom. The number of benzene rings is 1. The second-order valence-electron chi connectivity index (χ2n) is 7.77. The molecule has 0 spiro atoms. The molecule has 1 unspecified atom stereocenters. The number of hydrogen-bond donors (Lipinski definition) is 2.